The van der Waals surface area contributed by atoms with Crippen molar-refractivity contribution in [3.63, 3.8) is 0 Å². The monoisotopic (exact) mass is 288 g/mol. The van der Waals surface area contributed by atoms with Crippen LogP contribution in [-0.4, -0.2) is 39.2 Å². The fourth-order valence-corrected chi connectivity index (χ4v) is 2.11. The lowest BCUT2D eigenvalue weighted by molar-refractivity contribution is -0.143. The number of anilines is 1. The van der Waals surface area contributed by atoms with Crippen molar-refractivity contribution in [3.8, 4) is 0 Å². The highest BCUT2D eigenvalue weighted by Gasteiger charge is 2.21. The van der Waals surface area contributed by atoms with Crippen molar-refractivity contribution in [1.82, 2.24) is 14.3 Å². The van der Waals surface area contributed by atoms with Crippen LogP contribution in [0.5, 0.6) is 0 Å². The van der Waals surface area contributed by atoms with Gasteiger partial charge in [0, 0.05) is 43.4 Å². The minimum absolute atomic E-state index is 0.322. The lowest BCUT2D eigenvalue weighted by Crippen LogP contribution is -2.41. The van der Waals surface area contributed by atoms with E-state index >= 15 is 0 Å². The lowest BCUT2D eigenvalue weighted by Gasteiger charge is -2.22. The number of carbonyl (C=O) groups excluding carboxylic acids is 2. The molecule has 6 nitrogen and oxygen atoms in total. The fraction of sp³-hybridized carbons (Fsp3) is 0.400. The number of nitrogens with zero attached hydrogens (tertiary/aromatic N) is 3. The lowest BCUT2D eigenvalue weighted by atomic mass is 10.2. The SMILES string of the molecule is CCN(CC(C)C)C(=O)C(=O)Nc1ccn2ccnc2c1. The largest absolute Gasteiger partial charge is 0.334 e. The summed E-state index contributed by atoms with van der Waals surface area (Å²) in [6, 6.07) is 3.46. The topological polar surface area (TPSA) is 66.7 Å². The molecule has 0 saturated carbocycles. The van der Waals surface area contributed by atoms with Crippen LogP contribution < -0.4 is 5.32 Å². The van der Waals surface area contributed by atoms with Gasteiger partial charge in [0.05, 0.1) is 0 Å². The zero-order valence-corrected chi connectivity index (χ0v) is 12.5. The normalized spacial score (nSPS) is 10.9. The van der Waals surface area contributed by atoms with E-state index in [9.17, 15) is 9.59 Å². The summed E-state index contributed by atoms with van der Waals surface area (Å²) in [4.78, 5) is 29.8. The Morgan fingerprint density at radius 2 is 2.14 bits per heavy atom. The smallest absolute Gasteiger partial charge is 0.313 e. The van der Waals surface area contributed by atoms with Gasteiger partial charge in [0.2, 0.25) is 0 Å². The zero-order chi connectivity index (χ0) is 15.4. The highest BCUT2D eigenvalue weighted by molar-refractivity contribution is 6.39. The highest BCUT2D eigenvalue weighted by Crippen LogP contribution is 2.11. The number of nitrogens with one attached hydrogen (secondary N) is 1. The Bertz CT molecular complexity index is 648. The molecule has 0 bridgehead atoms. The molecule has 0 saturated heterocycles. The second kappa shape index (κ2) is 6.39. The number of rotatable bonds is 4. The second-order valence-electron chi connectivity index (χ2n) is 5.30. The van der Waals surface area contributed by atoms with Gasteiger partial charge in [-0.05, 0) is 18.9 Å². The van der Waals surface area contributed by atoms with Crippen molar-refractivity contribution in [3.05, 3.63) is 30.7 Å². The number of pyridine rings is 1. The van der Waals surface area contributed by atoms with Crippen LogP contribution in [0.1, 0.15) is 20.8 Å². The zero-order valence-electron chi connectivity index (χ0n) is 12.5. The van der Waals surface area contributed by atoms with Gasteiger partial charge in [-0.1, -0.05) is 13.8 Å². The van der Waals surface area contributed by atoms with E-state index in [-0.39, 0.29) is 0 Å². The third-order valence-electron chi connectivity index (χ3n) is 3.10. The Hall–Kier alpha value is -2.37. The molecule has 112 valence electrons. The summed E-state index contributed by atoms with van der Waals surface area (Å²) in [6.07, 6.45) is 5.27. The van der Waals surface area contributed by atoms with Gasteiger partial charge >= 0.3 is 11.8 Å². The molecular formula is C15H20N4O2. The van der Waals surface area contributed by atoms with Gasteiger partial charge < -0.3 is 14.6 Å². The number of hydrogen-bond acceptors (Lipinski definition) is 3. The van der Waals surface area contributed by atoms with Crippen molar-refractivity contribution >= 4 is 23.1 Å². The molecule has 0 fully saturated rings. The molecule has 2 aromatic heterocycles. The molecule has 0 aliphatic rings. The Morgan fingerprint density at radius 3 is 2.81 bits per heavy atom. The van der Waals surface area contributed by atoms with Crippen LogP contribution in [0, 0.1) is 5.92 Å². The van der Waals surface area contributed by atoms with E-state index < -0.39 is 11.8 Å². The minimum atomic E-state index is -0.617. The van der Waals surface area contributed by atoms with E-state index in [0.717, 1.165) is 5.65 Å². The first-order chi connectivity index (χ1) is 10.0. The van der Waals surface area contributed by atoms with E-state index in [4.69, 9.17) is 0 Å². The first-order valence-electron chi connectivity index (χ1n) is 7.04. The number of aromatic nitrogens is 2. The maximum atomic E-state index is 12.1. The molecule has 2 amide bonds. The number of imidazole rings is 1. The molecule has 0 aliphatic carbocycles. The summed E-state index contributed by atoms with van der Waals surface area (Å²) in [7, 11) is 0. The van der Waals surface area contributed by atoms with Crippen LogP contribution in [0.3, 0.4) is 0 Å². The Morgan fingerprint density at radius 1 is 1.38 bits per heavy atom. The van der Waals surface area contributed by atoms with Crippen LogP contribution in [0.15, 0.2) is 30.7 Å². The molecule has 0 aliphatic heterocycles. The molecule has 2 heterocycles. The summed E-state index contributed by atoms with van der Waals surface area (Å²) in [6.45, 7) is 6.98. The summed E-state index contributed by atoms with van der Waals surface area (Å²) in [5, 5.41) is 2.63. The Kier molecular flexibility index (Phi) is 4.57. The predicted molar refractivity (Wildman–Crippen MR) is 80.9 cm³/mol. The average Bonchev–Trinajstić information content (AvgIpc) is 2.91. The van der Waals surface area contributed by atoms with Gasteiger partial charge in [-0.15, -0.1) is 0 Å². The number of likely N-dealkylation sites (N-methyl/N-ethyl adjacent to an activating group) is 1. The fourth-order valence-electron chi connectivity index (χ4n) is 2.11. The molecule has 0 aromatic carbocycles. The number of hydrogen-bond donors (Lipinski definition) is 1. The average molecular weight is 288 g/mol. The van der Waals surface area contributed by atoms with Crippen molar-refractivity contribution < 1.29 is 9.59 Å². The third-order valence-corrected chi connectivity index (χ3v) is 3.10. The van der Waals surface area contributed by atoms with Crippen molar-refractivity contribution in [2.45, 2.75) is 20.8 Å². The van der Waals surface area contributed by atoms with E-state index in [0.29, 0.717) is 24.7 Å². The number of carbonyl (C=O) groups is 2. The quantitative estimate of drug-likeness (QED) is 0.872. The van der Waals surface area contributed by atoms with E-state index in [1.807, 2.05) is 31.4 Å². The standard InChI is InChI=1S/C15H20N4O2/c1-4-18(10-11(2)3)15(21)14(20)17-12-5-7-19-8-6-16-13(19)9-12/h5-9,11H,4,10H2,1-3H3,(H,17,20). The van der Waals surface area contributed by atoms with Crippen LogP contribution in [0.4, 0.5) is 5.69 Å². The van der Waals surface area contributed by atoms with Crippen LogP contribution in [0.25, 0.3) is 5.65 Å². The highest BCUT2D eigenvalue weighted by atomic mass is 16.2. The Labute approximate surface area is 123 Å². The molecule has 0 unspecified atom stereocenters. The molecule has 2 aromatic rings. The number of fused-ring (bicyclic) bond motifs is 1. The first-order valence-corrected chi connectivity index (χ1v) is 7.04. The summed E-state index contributed by atoms with van der Waals surface area (Å²) >= 11 is 0. The van der Waals surface area contributed by atoms with Gasteiger partial charge in [-0.25, -0.2) is 4.98 Å². The maximum absolute atomic E-state index is 12.1. The predicted octanol–water partition coefficient (Wildman–Crippen LogP) is 1.78. The Balaban J connectivity index is 2.07. The summed E-state index contributed by atoms with van der Waals surface area (Å²) in [5.41, 5.74) is 1.28. The molecule has 0 spiro atoms. The summed E-state index contributed by atoms with van der Waals surface area (Å²) < 4.78 is 1.83. The van der Waals surface area contributed by atoms with Gasteiger partial charge in [-0.3, -0.25) is 9.59 Å². The van der Waals surface area contributed by atoms with Crippen molar-refractivity contribution in [1.29, 1.82) is 0 Å². The van der Waals surface area contributed by atoms with Crippen LogP contribution >= 0.6 is 0 Å². The molecule has 0 radical (unpaired) electrons. The third kappa shape index (κ3) is 3.59. The molecule has 2 rings (SSSR count). The summed E-state index contributed by atoms with van der Waals surface area (Å²) in [5.74, 6) is -0.800. The van der Waals surface area contributed by atoms with E-state index in [1.54, 1.807) is 29.4 Å². The van der Waals surface area contributed by atoms with Gasteiger partial charge in [0.1, 0.15) is 5.65 Å². The van der Waals surface area contributed by atoms with E-state index in [1.165, 1.54) is 0 Å². The van der Waals surface area contributed by atoms with Crippen molar-refractivity contribution in [2.24, 2.45) is 5.92 Å². The molecule has 21 heavy (non-hydrogen) atoms. The minimum Gasteiger partial charge on any atom is -0.334 e. The maximum Gasteiger partial charge on any atom is 0.313 e. The molecule has 1 N–H and O–H groups in total. The van der Waals surface area contributed by atoms with Crippen LogP contribution in [-0.2, 0) is 9.59 Å². The van der Waals surface area contributed by atoms with Crippen molar-refractivity contribution in [2.75, 3.05) is 18.4 Å². The number of amides is 2. The van der Waals surface area contributed by atoms with E-state index in [2.05, 4.69) is 10.3 Å². The van der Waals surface area contributed by atoms with Gasteiger partial charge in [-0.2, -0.15) is 0 Å². The molecule has 6 heteroatoms. The first kappa shape index (κ1) is 15.0. The molecular weight excluding hydrogens is 268 g/mol. The second-order valence-corrected chi connectivity index (χ2v) is 5.30. The molecule has 0 atom stereocenters. The van der Waals surface area contributed by atoms with Crippen LogP contribution in [0.2, 0.25) is 0 Å². The van der Waals surface area contributed by atoms with Gasteiger partial charge in [0.25, 0.3) is 0 Å². The van der Waals surface area contributed by atoms with Gasteiger partial charge in [0.15, 0.2) is 0 Å².